The zero-order chi connectivity index (χ0) is 15.1. The average Bonchev–Trinajstić information content (AvgIpc) is 2.85. The molecule has 0 atom stereocenters. The third-order valence-corrected chi connectivity index (χ3v) is 4.10. The molecular weight excluding hydrogens is 282 g/mol. The van der Waals surface area contributed by atoms with E-state index in [1.54, 1.807) is 17.5 Å². The fraction of sp³-hybridized carbons (Fsp3) is 0.500. The zero-order valence-electron chi connectivity index (χ0n) is 12.9. The molecule has 0 unspecified atom stereocenters. The second kappa shape index (κ2) is 8.10. The summed E-state index contributed by atoms with van der Waals surface area (Å²) >= 11 is 1.68. The number of rotatable bonds is 8. The van der Waals surface area contributed by atoms with E-state index in [1.165, 1.54) is 10.4 Å². The van der Waals surface area contributed by atoms with Gasteiger partial charge in [-0.05, 0) is 31.0 Å². The van der Waals surface area contributed by atoms with Crippen LogP contribution in [0.25, 0.3) is 0 Å². The molecule has 2 aromatic rings. The van der Waals surface area contributed by atoms with Crippen LogP contribution in [0, 0.1) is 12.8 Å². The van der Waals surface area contributed by atoms with Gasteiger partial charge in [-0.25, -0.2) is 9.97 Å². The molecule has 2 heterocycles. The molecule has 4 nitrogen and oxygen atoms in total. The minimum atomic E-state index is 0.638. The molecule has 0 aliphatic rings. The van der Waals surface area contributed by atoms with Crippen molar-refractivity contribution in [3.8, 4) is 5.88 Å². The summed E-state index contributed by atoms with van der Waals surface area (Å²) in [6.45, 7) is 8.95. The molecule has 0 aliphatic carbocycles. The van der Waals surface area contributed by atoms with Crippen LogP contribution in [0.3, 0.4) is 0 Å². The van der Waals surface area contributed by atoms with Gasteiger partial charge in [0.2, 0.25) is 5.88 Å². The van der Waals surface area contributed by atoms with E-state index in [9.17, 15) is 0 Å². The first-order valence-electron chi connectivity index (χ1n) is 7.32. The number of nitrogens with zero attached hydrogens (tertiary/aromatic N) is 2. The van der Waals surface area contributed by atoms with Gasteiger partial charge in [-0.15, -0.1) is 11.3 Å². The lowest BCUT2D eigenvalue weighted by Gasteiger charge is -2.09. The summed E-state index contributed by atoms with van der Waals surface area (Å²) in [6.07, 6.45) is 2.69. The van der Waals surface area contributed by atoms with Crippen LogP contribution in [0.2, 0.25) is 0 Å². The fourth-order valence-corrected chi connectivity index (χ4v) is 2.72. The number of ether oxygens (including phenoxy) is 1. The summed E-state index contributed by atoms with van der Waals surface area (Å²) in [5.41, 5.74) is 4.18. The molecule has 0 radical (unpaired) electrons. The maximum Gasteiger partial charge on any atom is 0.213 e. The molecule has 2 aromatic heterocycles. The topological polar surface area (TPSA) is 47.0 Å². The summed E-state index contributed by atoms with van der Waals surface area (Å²) in [5, 5.41) is 3.42. The molecule has 1 N–H and O–H groups in total. The first-order valence-corrected chi connectivity index (χ1v) is 8.20. The van der Waals surface area contributed by atoms with E-state index in [0.29, 0.717) is 18.4 Å². The van der Waals surface area contributed by atoms with Crippen LogP contribution in [0.5, 0.6) is 5.88 Å². The molecule has 21 heavy (non-hydrogen) atoms. The van der Waals surface area contributed by atoms with Crippen LogP contribution in [0.15, 0.2) is 23.8 Å². The average molecular weight is 305 g/mol. The van der Waals surface area contributed by atoms with Crippen LogP contribution in [0.1, 0.15) is 30.0 Å². The Labute approximate surface area is 130 Å². The van der Waals surface area contributed by atoms with Crippen molar-refractivity contribution >= 4 is 11.3 Å². The van der Waals surface area contributed by atoms with E-state index in [4.69, 9.17) is 4.74 Å². The molecule has 114 valence electrons. The molecule has 0 bridgehead atoms. The molecule has 0 aromatic carbocycles. The summed E-state index contributed by atoms with van der Waals surface area (Å²) < 4.78 is 5.74. The fourth-order valence-electron chi connectivity index (χ4n) is 1.96. The lowest BCUT2D eigenvalue weighted by Crippen LogP contribution is -2.19. The molecule has 0 spiro atoms. The van der Waals surface area contributed by atoms with E-state index in [-0.39, 0.29) is 0 Å². The normalized spacial score (nSPS) is 11.0. The van der Waals surface area contributed by atoms with E-state index < -0.39 is 0 Å². The molecular formula is C16H23N3OS. The van der Waals surface area contributed by atoms with Crippen molar-refractivity contribution in [2.24, 2.45) is 5.92 Å². The Kier molecular flexibility index (Phi) is 6.14. The highest BCUT2D eigenvalue weighted by molar-refractivity contribution is 7.09. The Balaban J connectivity index is 1.79. The van der Waals surface area contributed by atoms with E-state index in [2.05, 4.69) is 29.1 Å². The number of nitrogens with one attached hydrogen (secondary N) is 1. The van der Waals surface area contributed by atoms with Gasteiger partial charge in [-0.1, -0.05) is 13.8 Å². The van der Waals surface area contributed by atoms with E-state index in [0.717, 1.165) is 25.2 Å². The van der Waals surface area contributed by atoms with Crippen LogP contribution in [-0.4, -0.2) is 23.1 Å². The third kappa shape index (κ3) is 5.44. The van der Waals surface area contributed by atoms with Gasteiger partial charge in [-0.3, -0.25) is 0 Å². The third-order valence-electron chi connectivity index (χ3n) is 3.10. The van der Waals surface area contributed by atoms with E-state index >= 15 is 0 Å². The number of aromatic nitrogens is 2. The van der Waals surface area contributed by atoms with Gasteiger partial charge in [-0.2, -0.15) is 0 Å². The standard InChI is InChI=1S/C16H23N3OS/c1-12(2)9-17-10-14-4-6-18-16(8-14)20-7-5-15-13(3)19-11-21-15/h4,6,8,11-12,17H,5,7,9-10H2,1-3H3. The zero-order valence-corrected chi connectivity index (χ0v) is 13.7. The number of thiazole rings is 1. The second-order valence-electron chi connectivity index (χ2n) is 5.49. The molecule has 0 amide bonds. The maximum absolute atomic E-state index is 5.74. The molecule has 5 heteroatoms. The van der Waals surface area contributed by atoms with Gasteiger partial charge in [0.1, 0.15) is 0 Å². The minimum absolute atomic E-state index is 0.638. The van der Waals surface area contributed by atoms with Crippen molar-refractivity contribution in [2.75, 3.05) is 13.2 Å². The van der Waals surface area contributed by atoms with Gasteiger partial charge in [0.05, 0.1) is 17.8 Å². The first-order chi connectivity index (χ1) is 10.1. The molecule has 0 saturated carbocycles. The molecule has 2 rings (SSSR count). The summed E-state index contributed by atoms with van der Waals surface area (Å²) in [5.74, 6) is 1.35. The van der Waals surface area contributed by atoms with Crippen LogP contribution < -0.4 is 10.1 Å². The predicted octanol–water partition coefficient (Wildman–Crippen LogP) is 3.21. The van der Waals surface area contributed by atoms with Crippen LogP contribution >= 0.6 is 11.3 Å². The highest BCUT2D eigenvalue weighted by Crippen LogP contribution is 2.14. The monoisotopic (exact) mass is 305 g/mol. The summed E-state index contributed by atoms with van der Waals surface area (Å²) in [6, 6.07) is 4.03. The SMILES string of the molecule is Cc1ncsc1CCOc1cc(CNCC(C)C)ccn1. The number of pyridine rings is 1. The highest BCUT2D eigenvalue weighted by atomic mass is 32.1. The first kappa shape index (κ1) is 15.9. The lowest BCUT2D eigenvalue weighted by molar-refractivity contribution is 0.309. The Hall–Kier alpha value is -1.46. The van der Waals surface area contributed by atoms with Crippen LogP contribution in [0.4, 0.5) is 0 Å². The molecule has 0 aliphatic heterocycles. The van der Waals surface area contributed by atoms with Gasteiger partial charge in [0.15, 0.2) is 0 Å². The second-order valence-corrected chi connectivity index (χ2v) is 6.43. The maximum atomic E-state index is 5.74. The quantitative estimate of drug-likeness (QED) is 0.813. The lowest BCUT2D eigenvalue weighted by atomic mass is 10.2. The van der Waals surface area contributed by atoms with Crippen molar-refractivity contribution in [1.82, 2.24) is 15.3 Å². The van der Waals surface area contributed by atoms with Gasteiger partial charge in [0, 0.05) is 30.1 Å². The Morgan fingerprint density at radius 3 is 2.90 bits per heavy atom. The Bertz CT molecular complexity index is 554. The Morgan fingerprint density at radius 2 is 2.19 bits per heavy atom. The smallest absolute Gasteiger partial charge is 0.213 e. The van der Waals surface area contributed by atoms with E-state index in [1.807, 2.05) is 24.6 Å². The predicted molar refractivity (Wildman–Crippen MR) is 86.8 cm³/mol. The van der Waals surface area contributed by atoms with Crippen LogP contribution in [-0.2, 0) is 13.0 Å². The number of hydrogen-bond acceptors (Lipinski definition) is 5. The molecule has 0 saturated heterocycles. The molecule has 0 fully saturated rings. The minimum Gasteiger partial charge on any atom is -0.477 e. The van der Waals surface area contributed by atoms with Gasteiger partial charge < -0.3 is 10.1 Å². The van der Waals surface area contributed by atoms with Crippen molar-refractivity contribution in [1.29, 1.82) is 0 Å². The summed E-state index contributed by atoms with van der Waals surface area (Å²) in [4.78, 5) is 9.79. The number of aryl methyl sites for hydroxylation is 1. The van der Waals surface area contributed by atoms with Crippen molar-refractivity contribution in [3.63, 3.8) is 0 Å². The van der Waals surface area contributed by atoms with Gasteiger partial charge >= 0.3 is 0 Å². The number of hydrogen-bond donors (Lipinski definition) is 1. The Morgan fingerprint density at radius 1 is 1.33 bits per heavy atom. The van der Waals surface area contributed by atoms with Crippen molar-refractivity contribution < 1.29 is 4.74 Å². The van der Waals surface area contributed by atoms with Crippen molar-refractivity contribution in [2.45, 2.75) is 33.7 Å². The highest BCUT2D eigenvalue weighted by Gasteiger charge is 2.03. The van der Waals surface area contributed by atoms with Gasteiger partial charge in [0.25, 0.3) is 0 Å². The summed E-state index contributed by atoms with van der Waals surface area (Å²) in [7, 11) is 0. The largest absolute Gasteiger partial charge is 0.477 e. The van der Waals surface area contributed by atoms with Crippen molar-refractivity contribution in [3.05, 3.63) is 40.0 Å².